The summed E-state index contributed by atoms with van der Waals surface area (Å²) in [5.74, 6) is -2.96. The lowest BCUT2D eigenvalue weighted by Gasteiger charge is -2.06. The van der Waals surface area contributed by atoms with Gasteiger partial charge in [-0.15, -0.1) is 11.3 Å². The van der Waals surface area contributed by atoms with E-state index < -0.39 is 29.4 Å². The summed E-state index contributed by atoms with van der Waals surface area (Å²) in [7, 11) is 1.18. The maximum atomic E-state index is 13.4. The number of hydrogen-bond donors (Lipinski definition) is 2. The van der Waals surface area contributed by atoms with Crippen LogP contribution in [-0.2, 0) is 4.74 Å². The van der Waals surface area contributed by atoms with Gasteiger partial charge in [-0.05, 0) is 55.0 Å². The molecule has 3 aromatic rings. The summed E-state index contributed by atoms with van der Waals surface area (Å²) in [6.45, 7) is 1.54. The van der Waals surface area contributed by atoms with Gasteiger partial charge < -0.3 is 15.4 Å². The molecule has 0 aliphatic rings. The van der Waals surface area contributed by atoms with E-state index in [0.29, 0.717) is 11.3 Å². The van der Waals surface area contributed by atoms with E-state index in [1.807, 2.05) is 0 Å². The summed E-state index contributed by atoms with van der Waals surface area (Å²) in [6.07, 6.45) is 0. The van der Waals surface area contributed by atoms with Crippen LogP contribution in [0.4, 0.5) is 19.5 Å². The van der Waals surface area contributed by atoms with Crippen LogP contribution in [0.2, 0.25) is 0 Å². The summed E-state index contributed by atoms with van der Waals surface area (Å²) in [6, 6.07) is 10.2. The van der Waals surface area contributed by atoms with Gasteiger partial charge in [0.15, 0.2) is 0 Å². The highest BCUT2D eigenvalue weighted by molar-refractivity contribution is 7.19. The minimum absolute atomic E-state index is 0.0245. The Morgan fingerprint density at radius 3 is 2.27 bits per heavy atom. The molecule has 6 nitrogen and oxygen atoms in total. The zero-order chi connectivity index (χ0) is 21.8. The molecule has 0 fully saturated rings. The van der Waals surface area contributed by atoms with Gasteiger partial charge in [-0.3, -0.25) is 9.59 Å². The predicted octanol–water partition coefficient (Wildman–Crippen LogP) is 4.63. The lowest BCUT2D eigenvalue weighted by atomic mass is 10.1. The third kappa shape index (κ3) is 4.52. The number of halogens is 2. The fourth-order valence-electron chi connectivity index (χ4n) is 2.69. The van der Waals surface area contributed by atoms with E-state index in [0.717, 1.165) is 17.4 Å². The maximum Gasteiger partial charge on any atom is 0.341 e. The molecule has 0 bridgehead atoms. The monoisotopic (exact) mass is 430 g/mol. The molecule has 0 unspecified atom stereocenters. The van der Waals surface area contributed by atoms with Crippen molar-refractivity contribution < 1.29 is 27.9 Å². The number of benzene rings is 2. The van der Waals surface area contributed by atoms with Gasteiger partial charge in [0.2, 0.25) is 0 Å². The zero-order valence-corrected chi connectivity index (χ0v) is 16.7. The minimum atomic E-state index is -0.737. The topological polar surface area (TPSA) is 84.5 Å². The van der Waals surface area contributed by atoms with Crippen LogP contribution in [0.1, 0.15) is 36.0 Å². The van der Waals surface area contributed by atoms with Crippen LogP contribution in [0, 0.1) is 18.6 Å². The van der Waals surface area contributed by atoms with Crippen LogP contribution >= 0.6 is 11.3 Å². The van der Waals surface area contributed by atoms with Crippen molar-refractivity contribution in [1.29, 1.82) is 0 Å². The van der Waals surface area contributed by atoms with E-state index in [4.69, 9.17) is 4.74 Å². The van der Waals surface area contributed by atoms with Crippen LogP contribution < -0.4 is 10.6 Å². The largest absolute Gasteiger partial charge is 0.465 e. The first-order valence-corrected chi connectivity index (χ1v) is 9.47. The number of ether oxygens (including phenoxy) is 1. The molecular formula is C21H16F2N2O4S. The number of hydrogen-bond acceptors (Lipinski definition) is 5. The SMILES string of the molecule is COC(=O)c1c(NC(=O)c2cccc(F)c2)sc(C(=O)Nc2ccc(F)cc2)c1C. The number of esters is 1. The second-order valence-electron chi connectivity index (χ2n) is 6.18. The Kier molecular flexibility index (Phi) is 6.22. The summed E-state index contributed by atoms with van der Waals surface area (Å²) >= 11 is 0.875. The van der Waals surface area contributed by atoms with Crippen molar-refractivity contribution in [2.75, 3.05) is 17.7 Å². The Hall–Kier alpha value is -3.59. The second-order valence-corrected chi connectivity index (χ2v) is 7.20. The number of thiophene rings is 1. The molecule has 0 saturated carbocycles. The Morgan fingerprint density at radius 2 is 1.63 bits per heavy atom. The van der Waals surface area contributed by atoms with Gasteiger partial charge in [0.1, 0.15) is 16.6 Å². The standard InChI is InChI=1S/C21H16F2N2O4S/c1-11-16(21(28)29-2)20(25-18(26)12-4-3-5-14(23)10-12)30-17(11)19(27)24-15-8-6-13(22)7-9-15/h3-10H,1-2H3,(H,24,27)(H,25,26). The molecule has 9 heteroatoms. The summed E-state index contributed by atoms with van der Waals surface area (Å²) in [5.41, 5.74) is 0.742. The molecule has 1 heterocycles. The number of carbonyl (C=O) groups is 3. The van der Waals surface area contributed by atoms with Crippen molar-refractivity contribution in [3.8, 4) is 0 Å². The van der Waals surface area contributed by atoms with Crippen LogP contribution in [-0.4, -0.2) is 24.9 Å². The van der Waals surface area contributed by atoms with Crippen molar-refractivity contribution in [3.05, 3.63) is 81.7 Å². The van der Waals surface area contributed by atoms with E-state index in [9.17, 15) is 23.2 Å². The molecule has 0 aliphatic carbocycles. The van der Waals surface area contributed by atoms with Crippen LogP contribution in [0.25, 0.3) is 0 Å². The lowest BCUT2D eigenvalue weighted by Crippen LogP contribution is -2.14. The zero-order valence-electron chi connectivity index (χ0n) is 15.9. The number of amides is 2. The molecule has 0 saturated heterocycles. The third-order valence-corrected chi connectivity index (χ3v) is 5.36. The molecule has 2 N–H and O–H groups in total. The molecule has 2 aromatic carbocycles. The van der Waals surface area contributed by atoms with Gasteiger partial charge in [-0.1, -0.05) is 6.07 Å². The van der Waals surface area contributed by atoms with Gasteiger partial charge in [0, 0.05) is 11.3 Å². The lowest BCUT2D eigenvalue weighted by molar-refractivity contribution is 0.0601. The van der Waals surface area contributed by atoms with Gasteiger partial charge >= 0.3 is 5.97 Å². The van der Waals surface area contributed by atoms with Crippen LogP contribution in [0.15, 0.2) is 48.5 Å². The average Bonchev–Trinajstić information content (AvgIpc) is 3.05. The molecule has 30 heavy (non-hydrogen) atoms. The van der Waals surface area contributed by atoms with Gasteiger partial charge in [0.05, 0.1) is 17.6 Å². The molecule has 1 aromatic heterocycles. The highest BCUT2D eigenvalue weighted by Crippen LogP contribution is 2.34. The Labute approximate surface area is 174 Å². The first-order chi connectivity index (χ1) is 14.3. The molecule has 0 atom stereocenters. The maximum absolute atomic E-state index is 13.4. The number of rotatable bonds is 5. The first kappa shape index (κ1) is 21.1. The smallest absolute Gasteiger partial charge is 0.341 e. The first-order valence-electron chi connectivity index (χ1n) is 8.65. The molecule has 0 spiro atoms. The Balaban J connectivity index is 1.93. The van der Waals surface area contributed by atoms with Crippen molar-refractivity contribution in [1.82, 2.24) is 0 Å². The fraction of sp³-hybridized carbons (Fsp3) is 0.0952. The van der Waals surface area contributed by atoms with Crippen LogP contribution in [0.3, 0.4) is 0 Å². The Bertz CT molecular complexity index is 1130. The van der Waals surface area contributed by atoms with Crippen LogP contribution in [0.5, 0.6) is 0 Å². The third-order valence-electron chi connectivity index (χ3n) is 4.16. The number of carbonyl (C=O) groups excluding carboxylic acids is 3. The second kappa shape index (κ2) is 8.83. The van der Waals surface area contributed by atoms with Gasteiger partial charge in [-0.25, -0.2) is 13.6 Å². The average molecular weight is 430 g/mol. The minimum Gasteiger partial charge on any atom is -0.465 e. The molecule has 0 radical (unpaired) electrons. The number of methoxy groups -OCH3 is 1. The van der Waals surface area contributed by atoms with Crippen molar-refractivity contribution in [2.24, 2.45) is 0 Å². The van der Waals surface area contributed by atoms with E-state index in [-0.39, 0.29) is 21.0 Å². The molecule has 154 valence electrons. The number of anilines is 2. The molecule has 2 amide bonds. The van der Waals surface area contributed by atoms with Crippen molar-refractivity contribution in [3.63, 3.8) is 0 Å². The van der Waals surface area contributed by atoms with Crippen molar-refractivity contribution in [2.45, 2.75) is 6.92 Å². The molecule has 3 rings (SSSR count). The van der Waals surface area contributed by atoms with Crippen molar-refractivity contribution >= 4 is 39.8 Å². The highest BCUT2D eigenvalue weighted by Gasteiger charge is 2.26. The summed E-state index contributed by atoms with van der Waals surface area (Å²) < 4.78 is 31.2. The fourth-order valence-corrected chi connectivity index (χ4v) is 3.78. The van der Waals surface area contributed by atoms with E-state index >= 15 is 0 Å². The summed E-state index contributed by atoms with van der Waals surface area (Å²) in [4.78, 5) is 37.6. The van der Waals surface area contributed by atoms with E-state index in [2.05, 4.69) is 10.6 Å². The Morgan fingerprint density at radius 1 is 0.933 bits per heavy atom. The molecule has 0 aliphatic heterocycles. The normalized spacial score (nSPS) is 10.4. The predicted molar refractivity (Wildman–Crippen MR) is 109 cm³/mol. The quantitative estimate of drug-likeness (QED) is 0.578. The highest BCUT2D eigenvalue weighted by atomic mass is 32.1. The van der Waals surface area contributed by atoms with E-state index in [1.54, 1.807) is 6.92 Å². The van der Waals surface area contributed by atoms with Gasteiger partial charge in [-0.2, -0.15) is 0 Å². The number of nitrogens with one attached hydrogen (secondary N) is 2. The summed E-state index contributed by atoms with van der Waals surface area (Å²) in [5, 5.41) is 5.24. The molecular weight excluding hydrogens is 414 g/mol. The van der Waals surface area contributed by atoms with Gasteiger partial charge in [0.25, 0.3) is 11.8 Å². The van der Waals surface area contributed by atoms with E-state index in [1.165, 1.54) is 49.6 Å².